The Morgan fingerprint density at radius 3 is 1.79 bits per heavy atom. The number of hydrogen-bond donors (Lipinski definition) is 0. The van der Waals surface area contributed by atoms with Gasteiger partial charge in [0.2, 0.25) is 0 Å². The summed E-state index contributed by atoms with van der Waals surface area (Å²) in [5, 5.41) is 4.24. The van der Waals surface area contributed by atoms with Crippen molar-refractivity contribution in [3.63, 3.8) is 0 Å². The zero-order chi connectivity index (χ0) is 30.7. The first kappa shape index (κ1) is 25.1. The third kappa shape index (κ3) is 3.13. The zero-order valence-electron chi connectivity index (χ0n) is 25.3. The normalized spacial score (nSPS) is 13.7. The fraction of sp³-hybridized carbons (Fsp3) is 0.0227. The molecule has 6 aromatic carbocycles. The summed E-state index contributed by atoms with van der Waals surface area (Å²) in [4.78, 5) is 15.5. The van der Waals surface area contributed by atoms with Gasteiger partial charge in [0.1, 0.15) is 0 Å². The fourth-order valence-electron chi connectivity index (χ4n) is 8.58. The highest BCUT2D eigenvalue weighted by molar-refractivity contribution is 6.15. The Labute approximate surface area is 270 Å². The maximum atomic E-state index is 5.37. The van der Waals surface area contributed by atoms with E-state index >= 15 is 0 Å². The number of rotatable bonds is 1. The first-order valence-electron chi connectivity index (χ1n) is 16.1. The van der Waals surface area contributed by atoms with Gasteiger partial charge in [0.25, 0.3) is 0 Å². The Morgan fingerprint density at radius 1 is 0.404 bits per heavy atom. The largest absolute Gasteiger partial charge is 0.254 e. The van der Waals surface area contributed by atoms with E-state index in [-0.39, 0.29) is 0 Å². The monoisotopic (exact) mass is 595 g/mol. The smallest absolute Gasteiger partial charge is 0.0972 e. The summed E-state index contributed by atoms with van der Waals surface area (Å²) in [7, 11) is 0. The highest BCUT2D eigenvalue weighted by atomic mass is 14.8. The third-order valence-corrected chi connectivity index (χ3v) is 10.5. The average Bonchev–Trinajstić information content (AvgIpc) is 3.61. The van der Waals surface area contributed by atoms with Crippen LogP contribution in [0.2, 0.25) is 0 Å². The molecule has 0 saturated carbocycles. The zero-order valence-corrected chi connectivity index (χ0v) is 25.3. The summed E-state index contributed by atoms with van der Waals surface area (Å²) >= 11 is 0. The molecule has 3 heteroatoms. The molecule has 3 aromatic heterocycles. The van der Waals surface area contributed by atoms with Gasteiger partial charge in [0.15, 0.2) is 0 Å². The second-order valence-electron chi connectivity index (χ2n) is 12.7. The molecule has 9 aromatic rings. The van der Waals surface area contributed by atoms with Crippen LogP contribution in [-0.2, 0) is 5.41 Å². The number of nitrogens with zero attached hydrogens (tertiary/aromatic N) is 3. The molecule has 0 amide bonds. The van der Waals surface area contributed by atoms with E-state index in [1.807, 2.05) is 12.3 Å². The first-order valence-corrected chi connectivity index (χ1v) is 16.1. The molecule has 47 heavy (non-hydrogen) atoms. The number of aromatic nitrogens is 3. The molecule has 3 heterocycles. The quantitative estimate of drug-likeness (QED) is 0.140. The molecule has 3 nitrogen and oxygen atoms in total. The van der Waals surface area contributed by atoms with Gasteiger partial charge in [0.05, 0.1) is 33.2 Å². The summed E-state index contributed by atoms with van der Waals surface area (Å²) in [6.07, 6.45) is 1.85. The molecule has 0 aliphatic heterocycles. The van der Waals surface area contributed by atoms with Gasteiger partial charge < -0.3 is 0 Å². The lowest BCUT2D eigenvalue weighted by atomic mass is 9.70. The molecule has 0 bridgehead atoms. The highest BCUT2D eigenvalue weighted by Gasteiger charge is 2.51. The van der Waals surface area contributed by atoms with E-state index in [4.69, 9.17) is 15.0 Å². The van der Waals surface area contributed by atoms with Crippen molar-refractivity contribution in [2.75, 3.05) is 0 Å². The summed E-state index contributed by atoms with van der Waals surface area (Å²) in [6, 6.07) is 52.8. The molecule has 0 N–H and O–H groups in total. The van der Waals surface area contributed by atoms with Crippen molar-refractivity contribution >= 4 is 43.6 Å². The molecular formula is C44H25N3. The molecule has 2 aliphatic carbocycles. The van der Waals surface area contributed by atoms with Crippen LogP contribution in [-0.4, -0.2) is 15.0 Å². The van der Waals surface area contributed by atoms with E-state index in [1.54, 1.807) is 0 Å². The van der Waals surface area contributed by atoms with Crippen molar-refractivity contribution in [1.29, 1.82) is 0 Å². The molecule has 0 atom stereocenters. The Bertz CT molecular complexity index is 2750. The second-order valence-corrected chi connectivity index (χ2v) is 12.7. The molecule has 1 spiro atoms. The lowest BCUT2D eigenvalue weighted by molar-refractivity contribution is 0.794. The second kappa shape index (κ2) is 8.96. The van der Waals surface area contributed by atoms with Crippen molar-refractivity contribution in [2.45, 2.75) is 5.41 Å². The van der Waals surface area contributed by atoms with Gasteiger partial charge in [-0.15, -0.1) is 0 Å². The van der Waals surface area contributed by atoms with Gasteiger partial charge in [0, 0.05) is 33.3 Å². The predicted molar refractivity (Wildman–Crippen MR) is 192 cm³/mol. The Hall–Kier alpha value is -6.19. The topological polar surface area (TPSA) is 38.7 Å². The van der Waals surface area contributed by atoms with Crippen LogP contribution in [0.5, 0.6) is 0 Å². The molecule has 11 rings (SSSR count). The van der Waals surface area contributed by atoms with Gasteiger partial charge in [-0.25, -0.2) is 9.97 Å². The van der Waals surface area contributed by atoms with Crippen LogP contribution in [0, 0.1) is 0 Å². The van der Waals surface area contributed by atoms with E-state index in [0.29, 0.717) is 0 Å². The lowest BCUT2D eigenvalue weighted by Crippen LogP contribution is -2.25. The molecule has 216 valence electrons. The number of fused-ring (bicyclic) bond motifs is 16. The number of hydrogen-bond acceptors (Lipinski definition) is 3. The van der Waals surface area contributed by atoms with Gasteiger partial charge in [-0.05, 0) is 68.8 Å². The van der Waals surface area contributed by atoms with E-state index in [0.717, 1.165) is 54.9 Å². The number of benzene rings is 6. The number of para-hydroxylation sites is 1. The SMILES string of the molecule is c1ccc2c(c1)-c1ccccc1C21c2ccccc2-c2ccc(-c3nc4ccccc4c4nc5c(ccc6cccnc65)cc34)cc21. The van der Waals surface area contributed by atoms with Gasteiger partial charge in [-0.1, -0.05) is 121 Å². The summed E-state index contributed by atoms with van der Waals surface area (Å²) in [5.41, 5.74) is 15.9. The van der Waals surface area contributed by atoms with Crippen LogP contribution in [0.4, 0.5) is 0 Å². The van der Waals surface area contributed by atoms with E-state index in [1.165, 1.54) is 44.5 Å². The molecular weight excluding hydrogens is 571 g/mol. The molecule has 0 saturated heterocycles. The van der Waals surface area contributed by atoms with Crippen molar-refractivity contribution in [3.8, 4) is 33.5 Å². The summed E-state index contributed by atoms with van der Waals surface area (Å²) in [5.74, 6) is 0. The minimum Gasteiger partial charge on any atom is -0.254 e. The number of pyridine rings is 3. The van der Waals surface area contributed by atoms with Gasteiger partial charge in [-0.3, -0.25) is 4.98 Å². The lowest BCUT2D eigenvalue weighted by Gasteiger charge is -2.30. The van der Waals surface area contributed by atoms with Gasteiger partial charge >= 0.3 is 0 Å². The highest BCUT2D eigenvalue weighted by Crippen LogP contribution is 2.63. The molecule has 2 aliphatic rings. The van der Waals surface area contributed by atoms with Crippen LogP contribution in [0.3, 0.4) is 0 Å². The Morgan fingerprint density at radius 2 is 1.04 bits per heavy atom. The van der Waals surface area contributed by atoms with Crippen LogP contribution >= 0.6 is 0 Å². The average molecular weight is 596 g/mol. The van der Waals surface area contributed by atoms with Crippen LogP contribution < -0.4 is 0 Å². The fourth-order valence-corrected chi connectivity index (χ4v) is 8.58. The first-order chi connectivity index (χ1) is 23.3. The Kier molecular flexibility index (Phi) is 4.78. The predicted octanol–water partition coefficient (Wildman–Crippen LogP) is 10.5. The van der Waals surface area contributed by atoms with Crippen LogP contribution in [0.1, 0.15) is 22.3 Å². The molecule has 0 unspecified atom stereocenters. The van der Waals surface area contributed by atoms with Crippen molar-refractivity contribution in [2.24, 2.45) is 0 Å². The van der Waals surface area contributed by atoms with E-state index in [9.17, 15) is 0 Å². The minimum absolute atomic E-state index is 0.405. The standard InChI is InChI=1S/C44H25N3/c1-5-15-35-29(11-1)30-12-2-6-16-36(30)44(35)37-17-7-3-13-31(37)32-22-21-28(25-38(32)44)40-34-24-27-20-19-26-10-9-23-45-41(26)42(27)47-43(34)33-14-4-8-18-39(33)46-40/h1-25H. The van der Waals surface area contributed by atoms with Crippen molar-refractivity contribution < 1.29 is 0 Å². The summed E-state index contributed by atoms with van der Waals surface area (Å²) < 4.78 is 0. The van der Waals surface area contributed by atoms with Crippen molar-refractivity contribution in [1.82, 2.24) is 15.0 Å². The van der Waals surface area contributed by atoms with Crippen molar-refractivity contribution in [3.05, 3.63) is 174 Å². The minimum atomic E-state index is -0.405. The van der Waals surface area contributed by atoms with E-state index in [2.05, 4.69) is 140 Å². The van der Waals surface area contributed by atoms with Gasteiger partial charge in [-0.2, -0.15) is 0 Å². The molecule has 0 fully saturated rings. The Balaban J connectivity index is 1.25. The maximum absolute atomic E-state index is 5.37. The van der Waals surface area contributed by atoms with Crippen LogP contribution in [0.25, 0.3) is 77.1 Å². The summed E-state index contributed by atoms with van der Waals surface area (Å²) in [6.45, 7) is 0. The van der Waals surface area contributed by atoms with E-state index < -0.39 is 5.41 Å². The maximum Gasteiger partial charge on any atom is 0.0972 e. The van der Waals surface area contributed by atoms with Crippen LogP contribution in [0.15, 0.2) is 152 Å². The molecule has 0 radical (unpaired) electrons. The third-order valence-electron chi connectivity index (χ3n) is 10.5.